The number of aliphatic hydroxyl groups excluding tert-OH is 1. The highest BCUT2D eigenvalue weighted by Crippen LogP contribution is 2.37. The van der Waals surface area contributed by atoms with E-state index in [2.05, 4.69) is 0 Å². The van der Waals surface area contributed by atoms with E-state index in [4.69, 9.17) is 42.6 Å². The summed E-state index contributed by atoms with van der Waals surface area (Å²) in [4.78, 5) is 0. The molecule has 10 atom stereocenters. The quantitative estimate of drug-likeness (QED) is 0.467. The lowest BCUT2D eigenvalue weighted by atomic mass is 9.81. The minimum absolute atomic E-state index is 0.113. The van der Waals surface area contributed by atoms with E-state index in [1.54, 1.807) is 28.4 Å². The van der Waals surface area contributed by atoms with Crippen molar-refractivity contribution in [1.29, 1.82) is 0 Å². The van der Waals surface area contributed by atoms with E-state index in [1.807, 2.05) is 0 Å². The Bertz CT molecular complexity index is 528. The largest absolute Gasteiger partial charge is 0.394 e. The molecule has 10 heteroatoms. The standard InChI is InChI=1S/C20H38O10/c1-22-10-14-17(25-4)18(26-5)16(24-3)12(29-14)8-11-13(9-21)30-20(28-7)19(27-6)15(11)23-2/h11-21H,8-10H2,1-7H3/t11-,12+,13-,14-,15+,16-,17-,18-,19-,20+/m1/s1/i12D. The molecule has 0 unspecified atom stereocenters. The minimum Gasteiger partial charge on any atom is -0.394 e. The zero-order chi connectivity index (χ0) is 23.2. The van der Waals surface area contributed by atoms with Gasteiger partial charge in [-0.05, 0) is 6.42 Å². The third-order valence-corrected chi connectivity index (χ3v) is 5.93. The Morgan fingerprint density at radius 3 is 1.77 bits per heavy atom. The van der Waals surface area contributed by atoms with Crippen molar-refractivity contribution >= 4 is 0 Å². The molecule has 2 heterocycles. The van der Waals surface area contributed by atoms with Crippen LogP contribution in [0.1, 0.15) is 7.79 Å². The first-order valence-electron chi connectivity index (χ1n) is 10.5. The van der Waals surface area contributed by atoms with Crippen LogP contribution in [0.25, 0.3) is 0 Å². The SMILES string of the molecule is [2H][C@@]1(C[C@H]2[C@H](OC)[C@@H](OC)[C@@H](OC)O[C@@H]2CO)O[C@H](COC)[C@@H](OC)[C@H](OC)[C@@H]1OC. The lowest BCUT2D eigenvalue weighted by Gasteiger charge is -2.49. The maximum Gasteiger partial charge on any atom is 0.186 e. The molecular weight excluding hydrogens is 400 g/mol. The van der Waals surface area contributed by atoms with E-state index >= 15 is 0 Å². The van der Waals surface area contributed by atoms with E-state index in [0.29, 0.717) is 0 Å². The van der Waals surface area contributed by atoms with E-state index in [9.17, 15) is 6.48 Å². The highest BCUT2D eigenvalue weighted by Gasteiger charge is 2.52. The van der Waals surface area contributed by atoms with Crippen molar-refractivity contribution < 1.29 is 49.1 Å². The van der Waals surface area contributed by atoms with Crippen LogP contribution in [0.15, 0.2) is 0 Å². The zero-order valence-electron chi connectivity index (χ0n) is 19.9. The summed E-state index contributed by atoms with van der Waals surface area (Å²) in [5.74, 6) is -0.457. The van der Waals surface area contributed by atoms with Gasteiger partial charge in [-0.25, -0.2) is 0 Å². The molecule has 1 N–H and O–H groups in total. The topological polar surface area (TPSA) is 103 Å². The van der Waals surface area contributed by atoms with Crippen molar-refractivity contribution in [3.05, 3.63) is 0 Å². The Morgan fingerprint density at radius 2 is 1.30 bits per heavy atom. The summed E-state index contributed by atoms with van der Waals surface area (Å²) in [5.41, 5.74) is 0. The summed E-state index contributed by atoms with van der Waals surface area (Å²) in [6.45, 7) is -0.0787. The van der Waals surface area contributed by atoms with Crippen molar-refractivity contribution in [1.82, 2.24) is 0 Å². The van der Waals surface area contributed by atoms with Gasteiger partial charge in [-0.2, -0.15) is 0 Å². The molecule has 0 aromatic rings. The van der Waals surface area contributed by atoms with Crippen LogP contribution in [0.4, 0.5) is 0 Å². The molecule has 0 saturated carbocycles. The molecule has 0 amide bonds. The van der Waals surface area contributed by atoms with Crippen LogP contribution < -0.4 is 0 Å². The smallest absolute Gasteiger partial charge is 0.186 e. The van der Waals surface area contributed by atoms with Crippen molar-refractivity contribution in [3.8, 4) is 0 Å². The molecular formula is C20H38O10. The molecule has 2 aliphatic heterocycles. The fraction of sp³-hybridized carbons (Fsp3) is 1.00. The van der Waals surface area contributed by atoms with E-state index in [0.717, 1.165) is 0 Å². The highest BCUT2D eigenvalue weighted by molar-refractivity contribution is 4.99. The second-order valence-electron chi connectivity index (χ2n) is 7.36. The Balaban J connectivity index is 2.40. The first-order chi connectivity index (χ1) is 14.9. The first kappa shape index (κ1) is 24.2. The summed E-state index contributed by atoms with van der Waals surface area (Å²) in [6, 6.07) is 0. The predicted octanol–water partition coefficient (Wildman–Crippen LogP) is -0.155. The first-order valence-corrected chi connectivity index (χ1v) is 9.99. The fourth-order valence-corrected chi connectivity index (χ4v) is 4.53. The number of methoxy groups -OCH3 is 7. The molecule has 0 aromatic carbocycles. The summed E-state index contributed by atoms with van der Waals surface area (Å²) >= 11 is 0. The monoisotopic (exact) mass is 439 g/mol. The number of rotatable bonds is 11. The summed E-state index contributed by atoms with van der Waals surface area (Å²) in [6.07, 6.45) is -6.33. The van der Waals surface area contributed by atoms with E-state index in [1.165, 1.54) is 21.3 Å². The Morgan fingerprint density at radius 1 is 0.700 bits per heavy atom. The maximum absolute atomic E-state index is 10.0. The van der Waals surface area contributed by atoms with Gasteiger partial charge in [-0.15, -0.1) is 0 Å². The van der Waals surface area contributed by atoms with Crippen molar-refractivity contribution in [2.75, 3.05) is 63.0 Å². The molecule has 2 saturated heterocycles. The number of aliphatic hydroxyl groups is 1. The van der Waals surface area contributed by atoms with Crippen LogP contribution in [0.2, 0.25) is 0 Å². The van der Waals surface area contributed by atoms with Gasteiger partial charge in [0.1, 0.15) is 30.5 Å². The van der Waals surface area contributed by atoms with Gasteiger partial charge in [-0.3, -0.25) is 0 Å². The molecule has 2 aliphatic rings. The molecule has 10 nitrogen and oxygen atoms in total. The fourth-order valence-electron chi connectivity index (χ4n) is 4.53. The number of ether oxygens (including phenoxy) is 9. The third-order valence-electron chi connectivity index (χ3n) is 5.93. The molecule has 2 fully saturated rings. The van der Waals surface area contributed by atoms with Gasteiger partial charge in [0.25, 0.3) is 0 Å². The average molecular weight is 440 g/mol. The highest BCUT2D eigenvalue weighted by atomic mass is 16.7. The second kappa shape index (κ2) is 12.6. The van der Waals surface area contributed by atoms with E-state index < -0.39 is 61.0 Å². The molecule has 0 aromatic heterocycles. The molecule has 0 radical (unpaired) electrons. The van der Waals surface area contributed by atoms with Crippen LogP contribution in [0.5, 0.6) is 0 Å². The van der Waals surface area contributed by atoms with Gasteiger partial charge in [0.05, 0.1) is 32.9 Å². The zero-order valence-corrected chi connectivity index (χ0v) is 18.9. The lowest BCUT2D eigenvalue weighted by Crippen LogP contribution is -2.63. The Labute approximate surface area is 180 Å². The summed E-state index contributed by atoms with van der Waals surface area (Å²) < 4.78 is 60.4. The number of hydrogen-bond donors (Lipinski definition) is 1. The number of hydrogen-bond acceptors (Lipinski definition) is 10. The molecule has 0 aliphatic carbocycles. The average Bonchev–Trinajstić information content (AvgIpc) is 2.77. The molecule has 2 rings (SSSR count). The summed E-state index contributed by atoms with van der Waals surface area (Å²) in [7, 11) is 10.7. The van der Waals surface area contributed by atoms with Crippen molar-refractivity contribution in [3.63, 3.8) is 0 Å². The minimum atomic E-state index is -1.57. The molecule has 0 bridgehead atoms. The lowest BCUT2D eigenvalue weighted by molar-refractivity contribution is -0.302. The predicted molar refractivity (Wildman–Crippen MR) is 105 cm³/mol. The van der Waals surface area contributed by atoms with Crippen LogP contribution >= 0.6 is 0 Å². The maximum atomic E-state index is 10.0. The van der Waals surface area contributed by atoms with Crippen molar-refractivity contribution in [2.24, 2.45) is 5.92 Å². The van der Waals surface area contributed by atoms with Crippen LogP contribution in [-0.4, -0.2) is 123 Å². The van der Waals surface area contributed by atoms with Gasteiger partial charge >= 0.3 is 0 Å². The van der Waals surface area contributed by atoms with Gasteiger partial charge in [0.15, 0.2) is 6.29 Å². The molecule has 178 valence electrons. The van der Waals surface area contributed by atoms with E-state index in [-0.39, 0.29) is 19.6 Å². The summed E-state index contributed by atoms with van der Waals surface area (Å²) in [5, 5.41) is 10.0. The third kappa shape index (κ3) is 5.32. The van der Waals surface area contributed by atoms with Gasteiger partial charge in [-0.1, -0.05) is 0 Å². The molecule has 30 heavy (non-hydrogen) atoms. The van der Waals surface area contributed by atoms with Crippen LogP contribution in [0, 0.1) is 5.92 Å². The Kier molecular flexibility index (Phi) is 10.2. The van der Waals surface area contributed by atoms with Crippen LogP contribution in [0.3, 0.4) is 0 Å². The van der Waals surface area contributed by atoms with Crippen molar-refractivity contribution in [2.45, 2.75) is 61.5 Å². The second-order valence-corrected chi connectivity index (χ2v) is 7.36. The van der Waals surface area contributed by atoms with Gasteiger partial charge < -0.3 is 47.7 Å². The van der Waals surface area contributed by atoms with Gasteiger partial charge in [0.2, 0.25) is 0 Å². The van der Waals surface area contributed by atoms with Gasteiger partial charge in [0, 0.05) is 55.7 Å². The Hall–Kier alpha value is -0.400. The normalized spacial score (nSPS) is 45.3. The van der Waals surface area contributed by atoms with Crippen LogP contribution in [-0.2, 0) is 42.6 Å². The molecule has 0 spiro atoms.